The lowest BCUT2D eigenvalue weighted by Crippen LogP contribution is -2.50. The van der Waals surface area contributed by atoms with E-state index in [1.807, 2.05) is 18.5 Å². The Hall–Kier alpha value is -2.43. The van der Waals surface area contributed by atoms with Crippen molar-refractivity contribution in [3.05, 3.63) is 47.8 Å². The molecule has 4 aliphatic rings. The minimum atomic E-state index is -0.957. The molecule has 0 saturated heterocycles. The van der Waals surface area contributed by atoms with E-state index >= 15 is 0 Å². The second-order valence-electron chi connectivity index (χ2n) is 11.1. The van der Waals surface area contributed by atoms with Crippen LogP contribution in [0.3, 0.4) is 0 Å². The number of aromatic nitrogens is 1. The highest BCUT2D eigenvalue weighted by molar-refractivity contribution is 5.76. The lowest BCUT2D eigenvalue weighted by atomic mass is 9.47. The summed E-state index contributed by atoms with van der Waals surface area (Å²) in [4.78, 5) is 27.2. The van der Waals surface area contributed by atoms with Gasteiger partial charge in [-0.15, -0.1) is 0 Å². The van der Waals surface area contributed by atoms with Crippen LogP contribution in [-0.2, 0) is 14.3 Å². The topological polar surface area (TPSA) is 76.5 Å². The Bertz CT molecular complexity index is 998. The van der Waals surface area contributed by atoms with E-state index in [9.17, 15) is 9.59 Å². The number of ether oxygens (including phenoxy) is 1. The van der Waals surface area contributed by atoms with Gasteiger partial charge in [0.15, 0.2) is 0 Å². The smallest absolute Gasteiger partial charge is 0.306 e. The molecule has 2 fully saturated rings. The Morgan fingerprint density at radius 1 is 1.09 bits per heavy atom. The minimum absolute atomic E-state index is 0.0423. The van der Waals surface area contributed by atoms with Crippen LogP contribution in [-0.4, -0.2) is 28.1 Å². The Balaban J connectivity index is 1.30. The second kappa shape index (κ2) is 8.41. The normalized spacial score (nSPS) is 37.2. The number of carboxylic acid groups (broad SMARTS) is 1. The van der Waals surface area contributed by atoms with Gasteiger partial charge < -0.3 is 9.84 Å². The largest absolute Gasteiger partial charge is 0.481 e. The summed E-state index contributed by atoms with van der Waals surface area (Å²) in [6, 6.07) is 4.25. The maximum Gasteiger partial charge on any atom is 0.306 e. The van der Waals surface area contributed by atoms with Crippen LogP contribution in [0.2, 0.25) is 0 Å². The van der Waals surface area contributed by atoms with E-state index in [1.165, 1.54) is 29.6 Å². The van der Waals surface area contributed by atoms with Crippen molar-refractivity contribution in [2.75, 3.05) is 0 Å². The van der Waals surface area contributed by atoms with Gasteiger partial charge in [-0.05, 0) is 84.3 Å². The van der Waals surface area contributed by atoms with Gasteiger partial charge in [0, 0.05) is 18.8 Å². The average molecular weight is 450 g/mol. The molecule has 1 aromatic rings. The van der Waals surface area contributed by atoms with E-state index in [2.05, 4.69) is 37.0 Å². The average Bonchev–Trinajstić information content (AvgIpc) is 3.16. The molecule has 0 spiro atoms. The Morgan fingerprint density at radius 3 is 2.67 bits per heavy atom. The molecule has 0 aliphatic heterocycles. The Kier molecular flexibility index (Phi) is 5.70. The standard InChI is InChI=1S/C28H35NO4/c1-27-13-11-20(33-26(32)10-9-25(30)31)16-19(27)5-6-21-23-8-7-22(18-4-3-15-29-17-18)28(23,2)14-12-24(21)27/h3-5,7,15,17,20-21,23-24H,6,8-14,16H2,1-2H3,(H,30,31)/t20-,21-,23-,24-,27-,28+/m0/s1. The number of fused-ring (bicyclic) bond motifs is 5. The van der Waals surface area contributed by atoms with Crippen molar-refractivity contribution in [3.63, 3.8) is 0 Å². The van der Waals surface area contributed by atoms with E-state index in [4.69, 9.17) is 9.84 Å². The number of pyridine rings is 1. The van der Waals surface area contributed by atoms with Crippen molar-refractivity contribution in [1.82, 2.24) is 4.98 Å². The maximum atomic E-state index is 12.1. The fourth-order valence-electron chi connectivity index (χ4n) is 7.72. The van der Waals surface area contributed by atoms with Crippen molar-refractivity contribution < 1.29 is 19.4 Å². The third-order valence-corrected chi connectivity index (χ3v) is 9.45. The lowest BCUT2D eigenvalue weighted by Gasteiger charge is -2.57. The summed E-state index contributed by atoms with van der Waals surface area (Å²) in [5.41, 5.74) is 4.65. The highest BCUT2D eigenvalue weighted by Gasteiger charge is 2.57. The monoisotopic (exact) mass is 449 g/mol. The van der Waals surface area contributed by atoms with Crippen LogP contribution in [0.15, 0.2) is 42.3 Å². The number of aliphatic carboxylic acids is 1. The van der Waals surface area contributed by atoms with Gasteiger partial charge in [-0.3, -0.25) is 14.6 Å². The fraction of sp³-hybridized carbons (Fsp3) is 0.607. The van der Waals surface area contributed by atoms with E-state index in [-0.39, 0.29) is 35.7 Å². The summed E-state index contributed by atoms with van der Waals surface area (Å²) in [5.74, 6) is 0.710. The summed E-state index contributed by atoms with van der Waals surface area (Å²) in [7, 11) is 0. The van der Waals surface area contributed by atoms with Crippen molar-refractivity contribution in [2.24, 2.45) is 28.6 Å². The van der Waals surface area contributed by atoms with Crippen molar-refractivity contribution >= 4 is 17.5 Å². The number of rotatable bonds is 5. The molecule has 0 bridgehead atoms. The maximum absolute atomic E-state index is 12.1. The zero-order valence-corrected chi connectivity index (χ0v) is 19.8. The van der Waals surface area contributed by atoms with Crippen LogP contribution >= 0.6 is 0 Å². The molecule has 0 amide bonds. The van der Waals surface area contributed by atoms with E-state index < -0.39 is 5.97 Å². The molecule has 1 heterocycles. The SMILES string of the molecule is C[C@]12CC[C@H](OC(=O)CCC(=O)O)CC1=CC[C@@H]1[C@@H]2CC[C@]2(C)C(c3cccnc3)=CC[C@@H]12. The molecule has 33 heavy (non-hydrogen) atoms. The zero-order chi connectivity index (χ0) is 23.2. The number of allylic oxidation sites excluding steroid dienone is 3. The summed E-state index contributed by atoms with van der Waals surface area (Å²) >= 11 is 0. The molecule has 4 aliphatic carbocycles. The number of esters is 1. The van der Waals surface area contributed by atoms with Gasteiger partial charge in [-0.2, -0.15) is 0 Å². The number of carbonyl (C=O) groups is 2. The van der Waals surface area contributed by atoms with Crippen molar-refractivity contribution in [1.29, 1.82) is 0 Å². The number of carbonyl (C=O) groups excluding carboxylic acids is 1. The van der Waals surface area contributed by atoms with Gasteiger partial charge in [0.05, 0.1) is 12.8 Å². The zero-order valence-electron chi connectivity index (χ0n) is 19.8. The van der Waals surface area contributed by atoms with Crippen LogP contribution in [0.1, 0.15) is 77.2 Å². The highest BCUT2D eigenvalue weighted by atomic mass is 16.5. The van der Waals surface area contributed by atoms with Crippen LogP contribution in [0.4, 0.5) is 0 Å². The molecule has 2 saturated carbocycles. The van der Waals surface area contributed by atoms with Gasteiger partial charge in [-0.25, -0.2) is 0 Å². The summed E-state index contributed by atoms with van der Waals surface area (Å²) in [5, 5.41) is 8.81. The fourth-order valence-corrected chi connectivity index (χ4v) is 7.72. The Labute approximate surface area is 196 Å². The van der Waals surface area contributed by atoms with Gasteiger partial charge in [-0.1, -0.05) is 37.6 Å². The first-order valence-corrected chi connectivity index (χ1v) is 12.5. The molecular weight excluding hydrogens is 414 g/mol. The van der Waals surface area contributed by atoms with Crippen LogP contribution < -0.4 is 0 Å². The van der Waals surface area contributed by atoms with Gasteiger partial charge in [0.1, 0.15) is 6.10 Å². The molecule has 6 atom stereocenters. The number of hydrogen-bond acceptors (Lipinski definition) is 4. The van der Waals surface area contributed by atoms with Gasteiger partial charge in [0.25, 0.3) is 0 Å². The first-order valence-electron chi connectivity index (χ1n) is 12.5. The molecule has 176 valence electrons. The lowest BCUT2D eigenvalue weighted by molar-refractivity contribution is -0.154. The molecular formula is C28H35NO4. The van der Waals surface area contributed by atoms with E-state index in [0.29, 0.717) is 17.8 Å². The van der Waals surface area contributed by atoms with Gasteiger partial charge >= 0.3 is 11.9 Å². The van der Waals surface area contributed by atoms with Crippen LogP contribution in [0, 0.1) is 28.6 Å². The number of carboxylic acids is 1. The second-order valence-corrected chi connectivity index (χ2v) is 11.1. The molecule has 0 aromatic carbocycles. The molecule has 1 aromatic heterocycles. The molecule has 1 N–H and O–H groups in total. The first-order chi connectivity index (χ1) is 15.8. The molecule has 5 rings (SSSR count). The summed E-state index contributed by atoms with van der Waals surface area (Å²) < 4.78 is 5.66. The third kappa shape index (κ3) is 3.83. The first kappa shape index (κ1) is 22.4. The number of hydrogen-bond donors (Lipinski definition) is 1. The molecule has 5 heteroatoms. The van der Waals surface area contributed by atoms with Crippen molar-refractivity contribution in [2.45, 2.75) is 77.7 Å². The quantitative estimate of drug-likeness (QED) is 0.453. The molecule has 5 nitrogen and oxygen atoms in total. The van der Waals surface area contributed by atoms with Crippen LogP contribution in [0.5, 0.6) is 0 Å². The minimum Gasteiger partial charge on any atom is -0.481 e. The summed E-state index contributed by atoms with van der Waals surface area (Å²) in [6.07, 6.45) is 16.0. The van der Waals surface area contributed by atoms with Gasteiger partial charge in [0.2, 0.25) is 0 Å². The van der Waals surface area contributed by atoms with E-state index in [0.717, 1.165) is 32.1 Å². The van der Waals surface area contributed by atoms with E-state index in [1.54, 1.807) is 0 Å². The highest BCUT2D eigenvalue weighted by Crippen LogP contribution is 2.66. The predicted molar refractivity (Wildman–Crippen MR) is 126 cm³/mol. The molecule has 0 radical (unpaired) electrons. The molecule has 0 unspecified atom stereocenters. The predicted octanol–water partition coefficient (Wildman–Crippen LogP) is 5.81. The van der Waals surface area contributed by atoms with Crippen molar-refractivity contribution in [3.8, 4) is 0 Å². The number of nitrogens with zero attached hydrogens (tertiary/aromatic N) is 1. The van der Waals surface area contributed by atoms with Crippen LogP contribution in [0.25, 0.3) is 5.57 Å². The summed E-state index contributed by atoms with van der Waals surface area (Å²) in [6.45, 7) is 4.93. The Morgan fingerprint density at radius 2 is 1.91 bits per heavy atom. The third-order valence-electron chi connectivity index (χ3n) is 9.45.